The molecule has 4 aromatic rings. The minimum Gasteiger partial charge on any atom is -0.378 e. The standard InChI is InChI=1S/C26H27N7O2/c34-26(29-20-3-4-21(28-15-20)17-32-6-1-7-32)25-23-13-18(2-5-24(23)30-31-25)19-12-22(16-27-14-19)33-8-10-35-11-9-33/h2-5,12-16H,1,6-11,17H2,(H,29,34)(H,30,31). The number of rotatable bonds is 6. The monoisotopic (exact) mass is 469 g/mol. The first kappa shape index (κ1) is 21.7. The molecule has 35 heavy (non-hydrogen) atoms. The molecule has 2 aliphatic heterocycles. The Morgan fingerprint density at radius 2 is 1.89 bits per heavy atom. The molecule has 0 spiro atoms. The zero-order chi connectivity index (χ0) is 23.6. The van der Waals surface area contributed by atoms with Gasteiger partial charge in [-0.25, -0.2) is 0 Å². The lowest BCUT2D eigenvalue weighted by Gasteiger charge is -2.30. The van der Waals surface area contributed by atoms with Crippen LogP contribution in [0.15, 0.2) is 55.0 Å². The molecule has 0 aliphatic carbocycles. The quantitative estimate of drug-likeness (QED) is 0.447. The minimum atomic E-state index is -0.272. The zero-order valence-corrected chi connectivity index (χ0v) is 19.4. The summed E-state index contributed by atoms with van der Waals surface area (Å²) in [5, 5.41) is 11.0. The number of fused-ring (bicyclic) bond motifs is 1. The molecule has 1 aromatic carbocycles. The normalized spacial score (nSPS) is 16.3. The van der Waals surface area contributed by atoms with Crippen LogP contribution >= 0.6 is 0 Å². The average molecular weight is 470 g/mol. The number of carbonyl (C=O) groups excluding carboxylic acids is 1. The minimum absolute atomic E-state index is 0.272. The van der Waals surface area contributed by atoms with Crippen LogP contribution in [0.2, 0.25) is 0 Å². The molecule has 2 aliphatic rings. The van der Waals surface area contributed by atoms with Crippen LogP contribution in [0.25, 0.3) is 22.0 Å². The highest BCUT2D eigenvalue weighted by Crippen LogP contribution is 2.28. The number of hydrogen-bond donors (Lipinski definition) is 2. The van der Waals surface area contributed by atoms with E-state index in [0.717, 1.165) is 79.3 Å². The summed E-state index contributed by atoms with van der Waals surface area (Å²) in [6.45, 7) is 6.25. The average Bonchev–Trinajstić information content (AvgIpc) is 3.31. The first-order valence-corrected chi connectivity index (χ1v) is 12.0. The number of hydrogen-bond acceptors (Lipinski definition) is 7. The third-order valence-corrected chi connectivity index (χ3v) is 6.63. The second-order valence-electron chi connectivity index (χ2n) is 8.99. The second kappa shape index (κ2) is 9.44. The van der Waals surface area contributed by atoms with Crippen LogP contribution in [0.3, 0.4) is 0 Å². The Bertz CT molecular complexity index is 1340. The number of anilines is 2. The maximum Gasteiger partial charge on any atom is 0.276 e. The third kappa shape index (κ3) is 4.60. The van der Waals surface area contributed by atoms with Gasteiger partial charge in [0.25, 0.3) is 5.91 Å². The number of aromatic amines is 1. The maximum atomic E-state index is 13.1. The highest BCUT2D eigenvalue weighted by atomic mass is 16.5. The number of carbonyl (C=O) groups is 1. The van der Waals surface area contributed by atoms with Gasteiger partial charge in [0.2, 0.25) is 0 Å². The number of benzene rings is 1. The van der Waals surface area contributed by atoms with Crippen LogP contribution in [-0.2, 0) is 11.3 Å². The SMILES string of the molecule is O=C(Nc1ccc(CN2CCC2)nc1)c1n[nH]c2ccc(-c3cncc(N4CCOCC4)c3)cc12. The van der Waals surface area contributed by atoms with Crippen molar-refractivity contribution in [2.24, 2.45) is 0 Å². The zero-order valence-electron chi connectivity index (χ0n) is 19.4. The van der Waals surface area contributed by atoms with Gasteiger partial charge in [-0.1, -0.05) is 6.07 Å². The molecule has 0 bridgehead atoms. The summed E-state index contributed by atoms with van der Waals surface area (Å²) in [4.78, 5) is 26.6. The fourth-order valence-corrected chi connectivity index (χ4v) is 4.50. The smallest absolute Gasteiger partial charge is 0.276 e. The van der Waals surface area contributed by atoms with Gasteiger partial charge in [-0.3, -0.25) is 24.8 Å². The van der Waals surface area contributed by atoms with Crippen molar-refractivity contribution >= 4 is 28.2 Å². The molecular formula is C26H27N7O2. The van der Waals surface area contributed by atoms with Gasteiger partial charge >= 0.3 is 0 Å². The highest BCUT2D eigenvalue weighted by molar-refractivity contribution is 6.11. The van der Waals surface area contributed by atoms with Crippen LogP contribution in [0.4, 0.5) is 11.4 Å². The fraction of sp³-hybridized carbons (Fsp3) is 0.308. The van der Waals surface area contributed by atoms with Crippen LogP contribution in [0.5, 0.6) is 0 Å². The molecule has 0 unspecified atom stereocenters. The van der Waals surface area contributed by atoms with Crippen LogP contribution in [-0.4, -0.2) is 70.4 Å². The Morgan fingerprint density at radius 1 is 1.00 bits per heavy atom. The largest absolute Gasteiger partial charge is 0.378 e. The maximum absolute atomic E-state index is 13.1. The van der Waals surface area contributed by atoms with Gasteiger partial charge in [0.15, 0.2) is 5.69 Å². The lowest BCUT2D eigenvalue weighted by molar-refractivity contribution is 0.102. The highest BCUT2D eigenvalue weighted by Gasteiger charge is 2.18. The molecule has 1 amide bonds. The number of nitrogens with one attached hydrogen (secondary N) is 2. The molecule has 178 valence electrons. The molecule has 6 rings (SSSR count). The van der Waals surface area contributed by atoms with Crippen LogP contribution < -0.4 is 10.2 Å². The van der Waals surface area contributed by atoms with Crippen molar-refractivity contribution in [3.05, 3.63) is 66.4 Å². The van der Waals surface area contributed by atoms with E-state index in [2.05, 4.69) is 41.3 Å². The summed E-state index contributed by atoms with van der Waals surface area (Å²) in [6.07, 6.45) is 6.69. The van der Waals surface area contributed by atoms with Crippen LogP contribution in [0.1, 0.15) is 22.6 Å². The van der Waals surface area contributed by atoms with Gasteiger partial charge in [0.1, 0.15) is 0 Å². The van der Waals surface area contributed by atoms with Gasteiger partial charge in [-0.2, -0.15) is 5.10 Å². The molecule has 9 nitrogen and oxygen atoms in total. The number of likely N-dealkylation sites (tertiary alicyclic amines) is 1. The molecule has 0 atom stereocenters. The number of morpholine rings is 1. The van der Waals surface area contributed by atoms with Gasteiger partial charge in [0.05, 0.1) is 48.2 Å². The number of H-pyrrole nitrogens is 1. The van der Waals surface area contributed by atoms with Crippen molar-refractivity contribution in [3.8, 4) is 11.1 Å². The molecule has 2 saturated heterocycles. The van der Waals surface area contributed by atoms with Gasteiger partial charge < -0.3 is 15.0 Å². The predicted molar refractivity (Wildman–Crippen MR) is 134 cm³/mol. The summed E-state index contributed by atoms with van der Waals surface area (Å²) in [7, 11) is 0. The lowest BCUT2D eigenvalue weighted by atomic mass is 10.0. The van der Waals surface area contributed by atoms with E-state index in [1.165, 1.54) is 6.42 Å². The van der Waals surface area contributed by atoms with E-state index >= 15 is 0 Å². The molecule has 0 radical (unpaired) electrons. The van der Waals surface area contributed by atoms with Gasteiger partial charge in [-0.15, -0.1) is 0 Å². The van der Waals surface area contributed by atoms with Crippen molar-refractivity contribution in [1.29, 1.82) is 0 Å². The van der Waals surface area contributed by atoms with Crippen molar-refractivity contribution in [2.75, 3.05) is 49.6 Å². The van der Waals surface area contributed by atoms with E-state index in [9.17, 15) is 4.79 Å². The fourth-order valence-electron chi connectivity index (χ4n) is 4.50. The first-order valence-electron chi connectivity index (χ1n) is 12.0. The number of amides is 1. The Hall–Kier alpha value is -3.82. The van der Waals surface area contributed by atoms with E-state index in [1.807, 2.05) is 42.7 Å². The Balaban J connectivity index is 1.22. The molecule has 3 aromatic heterocycles. The van der Waals surface area contributed by atoms with E-state index in [1.54, 1.807) is 6.20 Å². The van der Waals surface area contributed by atoms with E-state index in [-0.39, 0.29) is 5.91 Å². The van der Waals surface area contributed by atoms with Crippen molar-refractivity contribution in [3.63, 3.8) is 0 Å². The number of pyridine rings is 2. The molecule has 2 N–H and O–H groups in total. The van der Waals surface area contributed by atoms with E-state index < -0.39 is 0 Å². The third-order valence-electron chi connectivity index (χ3n) is 6.63. The van der Waals surface area contributed by atoms with Crippen molar-refractivity contribution in [1.82, 2.24) is 25.1 Å². The van der Waals surface area contributed by atoms with Crippen LogP contribution in [0, 0.1) is 0 Å². The van der Waals surface area contributed by atoms with Crippen molar-refractivity contribution in [2.45, 2.75) is 13.0 Å². The Kier molecular flexibility index (Phi) is 5.85. The summed E-state index contributed by atoms with van der Waals surface area (Å²) >= 11 is 0. The summed E-state index contributed by atoms with van der Waals surface area (Å²) in [5.74, 6) is -0.272. The molecule has 0 saturated carbocycles. The lowest BCUT2D eigenvalue weighted by Crippen LogP contribution is -2.36. The van der Waals surface area contributed by atoms with E-state index in [0.29, 0.717) is 11.4 Å². The molecule has 2 fully saturated rings. The van der Waals surface area contributed by atoms with Crippen molar-refractivity contribution < 1.29 is 9.53 Å². The Labute approximate surface area is 203 Å². The molecule has 9 heteroatoms. The van der Waals surface area contributed by atoms with Gasteiger partial charge in [0, 0.05) is 36.8 Å². The predicted octanol–water partition coefficient (Wildman–Crippen LogP) is 3.31. The topological polar surface area (TPSA) is 99.3 Å². The molecule has 5 heterocycles. The second-order valence-corrected chi connectivity index (χ2v) is 8.99. The first-order chi connectivity index (χ1) is 17.2. The number of aromatic nitrogens is 4. The number of nitrogens with zero attached hydrogens (tertiary/aromatic N) is 5. The van der Waals surface area contributed by atoms with Gasteiger partial charge in [-0.05, 0) is 55.4 Å². The summed E-state index contributed by atoms with van der Waals surface area (Å²) < 4.78 is 5.47. The van der Waals surface area contributed by atoms with E-state index in [4.69, 9.17) is 4.74 Å². The Morgan fingerprint density at radius 3 is 2.66 bits per heavy atom. The summed E-state index contributed by atoms with van der Waals surface area (Å²) in [5.41, 5.74) is 5.85. The number of ether oxygens (including phenoxy) is 1. The summed E-state index contributed by atoms with van der Waals surface area (Å²) in [6, 6.07) is 11.9. The molecular weight excluding hydrogens is 442 g/mol.